The molecule has 0 fully saturated rings. The van der Waals surface area contributed by atoms with Crippen molar-refractivity contribution in [3.8, 4) is 17.0 Å². The predicted molar refractivity (Wildman–Crippen MR) is 107 cm³/mol. The van der Waals surface area contributed by atoms with Crippen LogP contribution in [0.15, 0.2) is 42.7 Å². The fourth-order valence-electron chi connectivity index (χ4n) is 3.48. The van der Waals surface area contributed by atoms with Gasteiger partial charge in [0.1, 0.15) is 18.2 Å². The molecule has 0 saturated heterocycles. The van der Waals surface area contributed by atoms with Gasteiger partial charge in [-0.15, -0.1) is 0 Å². The largest absolute Gasteiger partial charge is 0.490 e. The molecule has 4 nitrogen and oxygen atoms in total. The van der Waals surface area contributed by atoms with Gasteiger partial charge in [-0.25, -0.2) is 13.2 Å². The minimum atomic E-state index is -2.74. The Morgan fingerprint density at radius 1 is 1.14 bits per heavy atom. The summed E-state index contributed by atoms with van der Waals surface area (Å²) >= 11 is 0. The van der Waals surface area contributed by atoms with Crippen LogP contribution in [0, 0.1) is 11.7 Å². The van der Waals surface area contributed by atoms with E-state index in [1.807, 2.05) is 20.8 Å². The molecule has 7 heteroatoms. The Morgan fingerprint density at radius 2 is 1.90 bits per heavy atom. The molecule has 0 aliphatic heterocycles. The lowest BCUT2D eigenvalue weighted by Crippen LogP contribution is -2.43. The van der Waals surface area contributed by atoms with Gasteiger partial charge in [0, 0.05) is 28.8 Å². The first kappa shape index (κ1) is 21.0. The van der Waals surface area contributed by atoms with E-state index in [1.54, 1.807) is 12.1 Å². The van der Waals surface area contributed by atoms with E-state index in [1.165, 1.54) is 30.6 Å². The molecule has 2 aromatic heterocycles. The van der Waals surface area contributed by atoms with E-state index < -0.39 is 17.8 Å². The molecular weight excluding hydrogens is 379 g/mol. The Kier molecular flexibility index (Phi) is 6.07. The maximum absolute atomic E-state index is 13.7. The summed E-state index contributed by atoms with van der Waals surface area (Å²) < 4.78 is 46.5. The first-order chi connectivity index (χ1) is 13.7. The number of ether oxygens (including phenoxy) is 1. The van der Waals surface area contributed by atoms with Crippen molar-refractivity contribution in [3.63, 3.8) is 0 Å². The summed E-state index contributed by atoms with van der Waals surface area (Å²) in [6.45, 7) is 6.01. The molecule has 3 rings (SSSR count). The number of nitrogens with zero attached hydrogens (tertiary/aromatic N) is 2. The molecule has 3 aromatic rings. The van der Waals surface area contributed by atoms with Crippen LogP contribution in [-0.4, -0.2) is 22.1 Å². The van der Waals surface area contributed by atoms with Crippen LogP contribution in [0.25, 0.3) is 22.2 Å². The van der Waals surface area contributed by atoms with Gasteiger partial charge in [-0.1, -0.05) is 13.8 Å². The van der Waals surface area contributed by atoms with Gasteiger partial charge in [0.2, 0.25) is 0 Å². The molecule has 29 heavy (non-hydrogen) atoms. The zero-order chi connectivity index (χ0) is 21.2. The minimum absolute atomic E-state index is 0.00795. The molecule has 154 valence electrons. The van der Waals surface area contributed by atoms with E-state index in [-0.39, 0.29) is 17.9 Å². The van der Waals surface area contributed by atoms with Crippen molar-refractivity contribution in [2.24, 2.45) is 11.7 Å². The van der Waals surface area contributed by atoms with Gasteiger partial charge in [0.25, 0.3) is 6.43 Å². The van der Waals surface area contributed by atoms with Crippen molar-refractivity contribution in [3.05, 3.63) is 54.1 Å². The summed E-state index contributed by atoms with van der Waals surface area (Å²) in [6.07, 6.45) is 0.739. The van der Waals surface area contributed by atoms with Crippen LogP contribution in [0.3, 0.4) is 0 Å². The number of alkyl halides is 2. The lowest BCUT2D eigenvalue weighted by atomic mass is 9.93. The normalized spacial score (nSPS) is 13.8. The van der Waals surface area contributed by atoms with Crippen molar-refractivity contribution in [1.82, 2.24) is 9.97 Å². The monoisotopic (exact) mass is 403 g/mol. The molecule has 0 bridgehead atoms. The second-order valence-corrected chi connectivity index (χ2v) is 7.97. The number of rotatable bonds is 7. The highest BCUT2D eigenvalue weighted by molar-refractivity contribution is 5.93. The quantitative estimate of drug-likeness (QED) is 0.565. The van der Waals surface area contributed by atoms with Crippen LogP contribution in [0.5, 0.6) is 5.75 Å². The first-order valence-corrected chi connectivity index (χ1v) is 9.41. The Hall–Kier alpha value is -2.67. The predicted octanol–water partition coefficient (Wildman–Crippen LogP) is 5.52. The van der Waals surface area contributed by atoms with Crippen LogP contribution in [0.4, 0.5) is 13.2 Å². The third-order valence-electron chi connectivity index (χ3n) is 4.55. The topological polar surface area (TPSA) is 61.0 Å². The van der Waals surface area contributed by atoms with E-state index in [0.717, 1.165) is 0 Å². The second kappa shape index (κ2) is 8.37. The van der Waals surface area contributed by atoms with E-state index in [9.17, 15) is 13.2 Å². The van der Waals surface area contributed by atoms with Crippen molar-refractivity contribution >= 4 is 10.9 Å². The molecule has 0 unspecified atom stereocenters. The fraction of sp³-hybridized carbons (Fsp3) is 0.364. The number of fused-ring (bicyclic) bond motifs is 1. The van der Waals surface area contributed by atoms with Crippen molar-refractivity contribution < 1.29 is 17.9 Å². The van der Waals surface area contributed by atoms with Gasteiger partial charge in [0.05, 0.1) is 23.0 Å². The number of pyridine rings is 2. The Balaban J connectivity index is 1.95. The number of aromatic nitrogens is 2. The SMILES string of the molecule is CC(C)C[C@](C)(N)COc1cnc(-c2ccnc3cc(F)ccc23)cc1C(F)F. The van der Waals surface area contributed by atoms with Crippen molar-refractivity contribution in [2.75, 3.05) is 6.61 Å². The lowest BCUT2D eigenvalue weighted by molar-refractivity contribution is 0.139. The van der Waals surface area contributed by atoms with Gasteiger partial charge >= 0.3 is 0 Å². The highest BCUT2D eigenvalue weighted by Crippen LogP contribution is 2.34. The average Bonchev–Trinajstić information content (AvgIpc) is 2.64. The smallest absolute Gasteiger partial charge is 0.267 e. The molecule has 0 saturated carbocycles. The summed E-state index contributed by atoms with van der Waals surface area (Å²) in [5.41, 5.74) is 6.67. The number of nitrogens with two attached hydrogens (primary N) is 1. The van der Waals surface area contributed by atoms with Gasteiger partial charge < -0.3 is 10.5 Å². The molecular formula is C22H24F3N3O. The number of hydrogen-bond acceptors (Lipinski definition) is 4. The molecule has 1 atom stereocenters. The third kappa shape index (κ3) is 5.03. The number of benzene rings is 1. The minimum Gasteiger partial charge on any atom is -0.490 e. The van der Waals surface area contributed by atoms with Gasteiger partial charge in [-0.3, -0.25) is 9.97 Å². The van der Waals surface area contributed by atoms with Crippen LogP contribution < -0.4 is 10.5 Å². The summed E-state index contributed by atoms with van der Waals surface area (Å²) in [4.78, 5) is 8.43. The average molecular weight is 403 g/mol. The maximum atomic E-state index is 13.7. The Bertz CT molecular complexity index is 1010. The Morgan fingerprint density at radius 3 is 2.59 bits per heavy atom. The molecule has 0 radical (unpaired) electrons. The number of hydrogen-bond donors (Lipinski definition) is 1. The molecule has 0 aliphatic rings. The Labute approximate surface area is 167 Å². The maximum Gasteiger partial charge on any atom is 0.267 e. The highest BCUT2D eigenvalue weighted by atomic mass is 19.3. The second-order valence-electron chi connectivity index (χ2n) is 7.97. The summed E-state index contributed by atoms with van der Waals surface area (Å²) in [5.74, 6) is -0.0552. The van der Waals surface area contributed by atoms with Crippen LogP contribution in [-0.2, 0) is 0 Å². The van der Waals surface area contributed by atoms with E-state index in [4.69, 9.17) is 10.5 Å². The van der Waals surface area contributed by atoms with Crippen LogP contribution in [0.2, 0.25) is 0 Å². The van der Waals surface area contributed by atoms with E-state index in [2.05, 4.69) is 9.97 Å². The zero-order valence-electron chi connectivity index (χ0n) is 16.6. The van der Waals surface area contributed by atoms with E-state index >= 15 is 0 Å². The molecule has 0 spiro atoms. The zero-order valence-corrected chi connectivity index (χ0v) is 16.6. The van der Waals surface area contributed by atoms with Gasteiger partial charge in [0.15, 0.2) is 0 Å². The van der Waals surface area contributed by atoms with Crippen molar-refractivity contribution in [1.29, 1.82) is 0 Å². The summed E-state index contributed by atoms with van der Waals surface area (Å²) in [5, 5.41) is 0.627. The van der Waals surface area contributed by atoms with Crippen molar-refractivity contribution in [2.45, 2.75) is 39.2 Å². The van der Waals surface area contributed by atoms with Crippen LogP contribution in [0.1, 0.15) is 39.2 Å². The standard InChI is InChI=1S/C22H24F3N3O/c1-13(2)10-22(3,26)12-29-20-11-28-19(9-17(20)21(24)25)16-6-7-27-18-8-14(23)4-5-15(16)18/h4-9,11,13,21H,10,12,26H2,1-3H3/t22-/m0/s1. The fourth-order valence-corrected chi connectivity index (χ4v) is 3.48. The van der Waals surface area contributed by atoms with Gasteiger partial charge in [-0.05, 0) is 43.5 Å². The third-order valence-corrected chi connectivity index (χ3v) is 4.55. The summed E-state index contributed by atoms with van der Waals surface area (Å²) in [7, 11) is 0. The summed E-state index contributed by atoms with van der Waals surface area (Å²) in [6, 6.07) is 7.12. The molecule has 0 aliphatic carbocycles. The molecule has 2 heterocycles. The van der Waals surface area contributed by atoms with E-state index in [0.29, 0.717) is 34.5 Å². The highest BCUT2D eigenvalue weighted by Gasteiger charge is 2.24. The van der Waals surface area contributed by atoms with Gasteiger partial charge in [-0.2, -0.15) is 0 Å². The first-order valence-electron chi connectivity index (χ1n) is 9.41. The van der Waals surface area contributed by atoms with Crippen LogP contribution >= 0.6 is 0 Å². The number of halogens is 3. The molecule has 0 amide bonds. The molecule has 1 aromatic carbocycles. The molecule has 2 N–H and O–H groups in total. The lowest BCUT2D eigenvalue weighted by Gasteiger charge is -2.27.